The van der Waals surface area contributed by atoms with Gasteiger partial charge in [-0.05, 0) is 37.0 Å². The number of likely N-dealkylation sites (tertiary alicyclic amines) is 1. The van der Waals surface area contributed by atoms with Crippen molar-refractivity contribution in [3.63, 3.8) is 0 Å². The van der Waals surface area contributed by atoms with Crippen LogP contribution in [-0.4, -0.2) is 35.2 Å². The lowest BCUT2D eigenvalue weighted by Crippen LogP contribution is -2.48. The van der Waals surface area contributed by atoms with Gasteiger partial charge in [-0.15, -0.1) is 0 Å². The van der Waals surface area contributed by atoms with Crippen molar-refractivity contribution < 1.29 is 23.1 Å². The summed E-state index contributed by atoms with van der Waals surface area (Å²) in [6, 6.07) is 4.24. The number of urea groups is 1. The number of amides is 2. The van der Waals surface area contributed by atoms with Crippen LogP contribution in [0.1, 0.15) is 49.8 Å². The van der Waals surface area contributed by atoms with E-state index in [0.717, 1.165) is 25.0 Å². The van der Waals surface area contributed by atoms with Gasteiger partial charge in [-0.3, -0.25) is 0 Å². The molecule has 7 heteroatoms. The minimum atomic E-state index is -4.41. The maximum atomic E-state index is 12.9. The standard InChI is InChI=1S/C17H23F3N2O2/c1-2-5-15(12-6-3-7-13(10-12)17(18,19)20)21-16(24)22-9-4-8-14(23)11-22/h3,6-7,10,14-15,23H,2,4-5,8-9,11H2,1H3,(H,21,24). The maximum absolute atomic E-state index is 12.9. The highest BCUT2D eigenvalue weighted by molar-refractivity contribution is 5.75. The quantitative estimate of drug-likeness (QED) is 0.875. The number of β-amino-alcohol motifs (C(OH)–C–C–N with tert-alkyl or cyclic N) is 1. The molecule has 1 aliphatic rings. The number of rotatable bonds is 4. The zero-order valence-electron chi connectivity index (χ0n) is 13.6. The molecule has 1 fully saturated rings. The van der Waals surface area contributed by atoms with Gasteiger partial charge in [-0.25, -0.2) is 4.79 Å². The summed E-state index contributed by atoms with van der Waals surface area (Å²) in [5.74, 6) is 0. The third kappa shape index (κ3) is 4.87. The van der Waals surface area contributed by atoms with E-state index in [1.54, 1.807) is 6.07 Å². The first kappa shape index (κ1) is 18.6. The molecule has 2 N–H and O–H groups in total. The van der Waals surface area contributed by atoms with E-state index in [-0.39, 0.29) is 12.6 Å². The van der Waals surface area contributed by atoms with Crippen LogP contribution < -0.4 is 5.32 Å². The van der Waals surface area contributed by atoms with E-state index in [0.29, 0.717) is 24.9 Å². The van der Waals surface area contributed by atoms with Crippen LogP contribution >= 0.6 is 0 Å². The second-order valence-electron chi connectivity index (χ2n) is 6.16. The summed E-state index contributed by atoms with van der Waals surface area (Å²) in [6.45, 7) is 2.72. The molecule has 0 aliphatic carbocycles. The Bertz CT molecular complexity index is 563. The predicted octanol–water partition coefficient (Wildman–Crippen LogP) is 3.71. The maximum Gasteiger partial charge on any atom is 0.416 e. The molecule has 2 atom stereocenters. The molecule has 1 aromatic carbocycles. The fourth-order valence-electron chi connectivity index (χ4n) is 2.92. The van der Waals surface area contributed by atoms with Crippen molar-refractivity contribution in [2.75, 3.05) is 13.1 Å². The molecule has 4 nitrogen and oxygen atoms in total. The number of hydrogen-bond donors (Lipinski definition) is 2. The van der Waals surface area contributed by atoms with E-state index >= 15 is 0 Å². The van der Waals surface area contributed by atoms with Gasteiger partial charge in [0.15, 0.2) is 0 Å². The molecular formula is C17H23F3N2O2. The first-order valence-electron chi connectivity index (χ1n) is 8.22. The van der Waals surface area contributed by atoms with E-state index in [4.69, 9.17) is 0 Å². The highest BCUT2D eigenvalue weighted by Crippen LogP contribution is 2.31. The summed E-state index contributed by atoms with van der Waals surface area (Å²) in [4.78, 5) is 13.9. The number of aliphatic hydroxyl groups excluding tert-OH is 1. The normalized spacial score (nSPS) is 19.9. The third-order valence-corrected chi connectivity index (χ3v) is 4.18. The van der Waals surface area contributed by atoms with Crippen molar-refractivity contribution in [2.24, 2.45) is 0 Å². The number of nitrogens with one attached hydrogen (secondary N) is 1. The van der Waals surface area contributed by atoms with Gasteiger partial charge < -0.3 is 15.3 Å². The number of piperidine rings is 1. The SMILES string of the molecule is CCCC(NC(=O)N1CCCC(O)C1)c1cccc(C(F)(F)F)c1. The van der Waals surface area contributed by atoms with E-state index in [1.807, 2.05) is 6.92 Å². The molecule has 2 unspecified atom stereocenters. The first-order valence-corrected chi connectivity index (χ1v) is 8.22. The zero-order valence-corrected chi connectivity index (χ0v) is 13.6. The highest BCUT2D eigenvalue weighted by Gasteiger charge is 2.31. The molecule has 1 aliphatic heterocycles. The third-order valence-electron chi connectivity index (χ3n) is 4.18. The lowest BCUT2D eigenvalue weighted by Gasteiger charge is -2.32. The van der Waals surface area contributed by atoms with Gasteiger partial charge in [0.25, 0.3) is 0 Å². The largest absolute Gasteiger partial charge is 0.416 e. The minimum absolute atomic E-state index is 0.257. The van der Waals surface area contributed by atoms with Crippen molar-refractivity contribution in [2.45, 2.75) is 50.9 Å². The number of carbonyl (C=O) groups excluding carboxylic acids is 1. The zero-order chi connectivity index (χ0) is 17.7. The van der Waals surface area contributed by atoms with Crippen molar-refractivity contribution in [1.82, 2.24) is 10.2 Å². The van der Waals surface area contributed by atoms with Gasteiger partial charge in [0.1, 0.15) is 0 Å². The smallest absolute Gasteiger partial charge is 0.391 e. The van der Waals surface area contributed by atoms with Crippen LogP contribution in [-0.2, 0) is 6.18 Å². The average molecular weight is 344 g/mol. The van der Waals surface area contributed by atoms with Gasteiger partial charge in [0.05, 0.1) is 17.7 Å². The summed E-state index contributed by atoms with van der Waals surface area (Å²) < 4.78 is 38.7. The number of alkyl halides is 3. The number of benzene rings is 1. The average Bonchev–Trinajstić information content (AvgIpc) is 2.53. The highest BCUT2D eigenvalue weighted by atomic mass is 19.4. The van der Waals surface area contributed by atoms with Crippen LogP contribution in [0, 0.1) is 0 Å². The van der Waals surface area contributed by atoms with Gasteiger partial charge in [-0.1, -0.05) is 25.5 Å². The Labute approximate surface area is 139 Å². The van der Waals surface area contributed by atoms with E-state index in [9.17, 15) is 23.1 Å². The van der Waals surface area contributed by atoms with E-state index in [2.05, 4.69) is 5.32 Å². The topological polar surface area (TPSA) is 52.6 Å². The van der Waals surface area contributed by atoms with Crippen LogP contribution in [0.4, 0.5) is 18.0 Å². The van der Waals surface area contributed by atoms with Crippen molar-refractivity contribution >= 4 is 6.03 Å². The summed E-state index contributed by atoms with van der Waals surface area (Å²) in [5, 5.41) is 12.5. The van der Waals surface area contributed by atoms with Gasteiger partial charge in [0.2, 0.25) is 0 Å². The molecule has 0 radical (unpaired) electrons. The molecule has 134 valence electrons. The van der Waals surface area contributed by atoms with Crippen molar-refractivity contribution in [3.8, 4) is 0 Å². The molecule has 0 saturated carbocycles. The van der Waals surface area contributed by atoms with Gasteiger partial charge in [0, 0.05) is 13.1 Å². The Hall–Kier alpha value is -1.76. The predicted molar refractivity (Wildman–Crippen MR) is 84.4 cm³/mol. The fourth-order valence-corrected chi connectivity index (χ4v) is 2.92. The second kappa shape index (κ2) is 7.88. The summed E-state index contributed by atoms with van der Waals surface area (Å²) in [6.07, 6.45) is -2.30. The van der Waals surface area contributed by atoms with Gasteiger partial charge >= 0.3 is 12.2 Å². The fraction of sp³-hybridized carbons (Fsp3) is 0.588. The van der Waals surface area contributed by atoms with Crippen LogP contribution in [0.5, 0.6) is 0 Å². The molecule has 1 heterocycles. The minimum Gasteiger partial charge on any atom is -0.391 e. The summed E-state index contributed by atoms with van der Waals surface area (Å²) in [7, 11) is 0. The molecule has 0 aromatic heterocycles. The Balaban J connectivity index is 2.13. The lowest BCUT2D eigenvalue weighted by atomic mass is 10.00. The number of carbonyl (C=O) groups is 1. The summed E-state index contributed by atoms with van der Waals surface area (Å²) in [5.41, 5.74) is -0.277. The molecular weight excluding hydrogens is 321 g/mol. The monoisotopic (exact) mass is 344 g/mol. The molecule has 1 aromatic rings. The Morgan fingerprint density at radius 3 is 2.83 bits per heavy atom. The molecule has 2 amide bonds. The first-order chi connectivity index (χ1) is 11.3. The number of aliphatic hydroxyl groups is 1. The van der Waals surface area contributed by atoms with Crippen LogP contribution in [0.25, 0.3) is 0 Å². The molecule has 1 saturated heterocycles. The van der Waals surface area contributed by atoms with Crippen molar-refractivity contribution in [3.05, 3.63) is 35.4 Å². The summed E-state index contributed by atoms with van der Waals surface area (Å²) >= 11 is 0. The number of halogens is 3. The molecule has 0 bridgehead atoms. The number of hydrogen-bond acceptors (Lipinski definition) is 2. The van der Waals surface area contributed by atoms with E-state index in [1.165, 1.54) is 11.0 Å². The van der Waals surface area contributed by atoms with E-state index < -0.39 is 23.9 Å². The van der Waals surface area contributed by atoms with Crippen LogP contribution in [0.2, 0.25) is 0 Å². The van der Waals surface area contributed by atoms with Crippen LogP contribution in [0.15, 0.2) is 24.3 Å². The lowest BCUT2D eigenvalue weighted by molar-refractivity contribution is -0.137. The van der Waals surface area contributed by atoms with Crippen molar-refractivity contribution in [1.29, 1.82) is 0 Å². The molecule has 24 heavy (non-hydrogen) atoms. The van der Waals surface area contributed by atoms with Gasteiger partial charge in [-0.2, -0.15) is 13.2 Å². The molecule has 2 rings (SSSR count). The Morgan fingerprint density at radius 2 is 2.21 bits per heavy atom. The number of nitrogens with zero attached hydrogens (tertiary/aromatic N) is 1. The second-order valence-corrected chi connectivity index (χ2v) is 6.16. The Kier molecular flexibility index (Phi) is 6.10. The molecule has 0 spiro atoms. The van der Waals surface area contributed by atoms with Crippen LogP contribution in [0.3, 0.4) is 0 Å². The Morgan fingerprint density at radius 1 is 1.46 bits per heavy atom.